The normalized spacial score (nSPS) is 17.6. The molecule has 6 heteroatoms. The van der Waals surface area contributed by atoms with Crippen molar-refractivity contribution in [2.75, 3.05) is 26.2 Å². The molecular weight excluding hydrogens is 358 g/mol. The molecule has 6 nitrogen and oxygen atoms in total. The zero-order chi connectivity index (χ0) is 21.4. The SMILES string of the molecule is C/C=C/CCCC(O)C[N+](CCO)(CC(O)CCC/C=C/C)C(CC)C(=O)O. The molecule has 0 fully saturated rings. The van der Waals surface area contributed by atoms with E-state index in [0.29, 0.717) is 19.3 Å². The van der Waals surface area contributed by atoms with Crippen LogP contribution < -0.4 is 0 Å². The van der Waals surface area contributed by atoms with E-state index in [1.165, 1.54) is 0 Å². The van der Waals surface area contributed by atoms with Gasteiger partial charge in [-0.1, -0.05) is 31.2 Å². The Morgan fingerprint density at radius 3 is 1.75 bits per heavy atom. The lowest BCUT2D eigenvalue weighted by atomic mass is 10.0. The molecule has 28 heavy (non-hydrogen) atoms. The summed E-state index contributed by atoms with van der Waals surface area (Å²) in [4.78, 5) is 11.9. The van der Waals surface area contributed by atoms with Crippen LogP contribution >= 0.6 is 0 Å². The van der Waals surface area contributed by atoms with Crippen molar-refractivity contribution in [3.05, 3.63) is 24.3 Å². The lowest BCUT2D eigenvalue weighted by Gasteiger charge is -2.44. The number of allylic oxidation sites excluding steroid dienone is 4. The highest BCUT2D eigenvalue weighted by Crippen LogP contribution is 2.22. The first-order chi connectivity index (χ1) is 13.4. The summed E-state index contributed by atoms with van der Waals surface area (Å²) in [5.74, 6) is -0.946. The van der Waals surface area contributed by atoms with Crippen LogP contribution in [0.5, 0.6) is 0 Å². The minimum absolute atomic E-state index is 0.0118. The highest BCUT2D eigenvalue weighted by atomic mass is 16.4. The van der Waals surface area contributed by atoms with E-state index in [2.05, 4.69) is 0 Å². The Morgan fingerprint density at radius 1 is 0.964 bits per heavy atom. The van der Waals surface area contributed by atoms with Gasteiger partial charge in [-0.2, -0.15) is 0 Å². The number of hydrogen-bond acceptors (Lipinski definition) is 4. The first kappa shape index (κ1) is 26.8. The van der Waals surface area contributed by atoms with E-state index in [-0.39, 0.29) is 30.7 Å². The summed E-state index contributed by atoms with van der Waals surface area (Å²) in [7, 11) is 0. The largest absolute Gasteiger partial charge is 0.477 e. The number of aliphatic carboxylic acids is 1. The minimum atomic E-state index is -0.946. The quantitative estimate of drug-likeness (QED) is 0.171. The van der Waals surface area contributed by atoms with Gasteiger partial charge in [0.2, 0.25) is 0 Å². The van der Waals surface area contributed by atoms with Crippen LogP contribution in [0.1, 0.15) is 65.7 Å². The van der Waals surface area contributed by atoms with Crippen molar-refractivity contribution in [3.63, 3.8) is 0 Å². The molecule has 0 saturated heterocycles. The molecular formula is C22H42NO5+. The maximum absolute atomic E-state index is 11.9. The Labute approximate surface area is 170 Å². The van der Waals surface area contributed by atoms with Crippen LogP contribution in [0.2, 0.25) is 0 Å². The number of carboxylic acids is 1. The highest BCUT2D eigenvalue weighted by Gasteiger charge is 2.43. The maximum atomic E-state index is 11.9. The molecule has 0 aliphatic heterocycles. The molecule has 0 aromatic carbocycles. The molecule has 0 aromatic rings. The van der Waals surface area contributed by atoms with E-state index < -0.39 is 24.2 Å². The Bertz CT molecular complexity index is 438. The molecule has 0 bridgehead atoms. The number of carboxylic acid groups (broad SMARTS) is 1. The van der Waals surface area contributed by atoms with Gasteiger partial charge in [0.05, 0.1) is 6.61 Å². The number of rotatable bonds is 17. The van der Waals surface area contributed by atoms with Crippen LogP contribution in [0.3, 0.4) is 0 Å². The fraction of sp³-hybridized carbons (Fsp3) is 0.773. The van der Waals surface area contributed by atoms with Gasteiger partial charge in [0, 0.05) is 6.42 Å². The van der Waals surface area contributed by atoms with Crippen molar-refractivity contribution in [1.29, 1.82) is 0 Å². The molecule has 164 valence electrons. The minimum Gasteiger partial charge on any atom is -0.477 e. The Hall–Kier alpha value is -1.21. The lowest BCUT2D eigenvalue weighted by molar-refractivity contribution is -0.949. The van der Waals surface area contributed by atoms with Crippen LogP contribution in [0.4, 0.5) is 0 Å². The third kappa shape index (κ3) is 10.4. The maximum Gasteiger partial charge on any atom is 0.362 e. The highest BCUT2D eigenvalue weighted by molar-refractivity contribution is 5.72. The predicted molar refractivity (Wildman–Crippen MR) is 113 cm³/mol. The van der Waals surface area contributed by atoms with Gasteiger partial charge in [0.15, 0.2) is 6.04 Å². The molecule has 4 N–H and O–H groups in total. The van der Waals surface area contributed by atoms with Crippen LogP contribution in [0.25, 0.3) is 0 Å². The summed E-state index contributed by atoms with van der Waals surface area (Å²) < 4.78 is 0.0118. The summed E-state index contributed by atoms with van der Waals surface area (Å²) in [6.07, 6.45) is 11.6. The van der Waals surface area contributed by atoms with Gasteiger partial charge in [-0.25, -0.2) is 4.79 Å². The zero-order valence-corrected chi connectivity index (χ0v) is 18.0. The Balaban J connectivity index is 5.30. The number of nitrogens with zero attached hydrogens (tertiary/aromatic N) is 1. The van der Waals surface area contributed by atoms with Gasteiger partial charge < -0.3 is 24.9 Å². The second-order valence-corrected chi connectivity index (χ2v) is 7.60. The summed E-state index contributed by atoms with van der Waals surface area (Å²) in [6.45, 7) is 6.20. The lowest BCUT2D eigenvalue weighted by Crippen LogP contribution is -2.64. The number of carbonyl (C=O) groups is 1. The van der Waals surface area contributed by atoms with Crippen LogP contribution in [-0.4, -0.2) is 75.4 Å². The topological polar surface area (TPSA) is 98.0 Å². The van der Waals surface area contributed by atoms with Gasteiger partial charge in [0.25, 0.3) is 0 Å². The van der Waals surface area contributed by atoms with E-state index in [4.69, 9.17) is 0 Å². The van der Waals surface area contributed by atoms with E-state index >= 15 is 0 Å². The molecule has 0 aromatic heterocycles. The van der Waals surface area contributed by atoms with E-state index in [9.17, 15) is 25.2 Å². The van der Waals surface area contributed by atoms with Crippen molar-refractivity contribution >= 4 is 5.97 Å². The summed E-state index contributed by atoms with van der Waals surface area (Å²) >= 11 is 0. The molecule has 0 aliphatic rings. The number of hydrogen-bond donors (Lipinski definition) is 4. The third-order valence-electron chi connectivity index (χ3n) is 5.31. The summed E-state index contributed by atoms with van der Waals surface area (Å²) in [5.41, 5.74) is 0. The first-order valence-corrected chi connectivity index (χ1v) is 10.6. The van der Waals surface area contributed by atoms with Crippen LogP contribution in [0, 0.1) is 0 Å². The van der Waals surface area contributed by atoms with Gasteiger partial charge in [-0.3, -0.25) is 0 Å². The molecule has 0 rings (SSSR count). The zero-order valence-electron chi connectivity index (χ0n) is 18.0. The Morgan fingerprint density at radius 2 is 1.43 bits per heavy atom. The molecule has 3 atom stereocenters. The van der Waals surface area contributed by atoms with Crippen LogP contribution in [-0.2, 0) is 4.79 Å². The molecule has 0 aliphatic carbocycles. The molecule has 3 unspecified atom stereocenters. The van der Waals surface area contributed by atoms with Gasteiger partial charge in [-0.05, 0) is 52.4 Å². The van der Waals surface area contributed by atoms with Gasteiger partial charge >= 0.3 is 5.97 Å². The molecule has 0 amide bonds. The standard InChI is InChI=1S/C22H41NO5/c1-4-7-9-11-13-19(25)17-23(15-16-24,21(6-3)22(27)28)18-20(26)14-12-10-8-5-2/h4-5,7-8,19-21,24-26H,6,9-18H2,1-3H3/p+1/b7-4+,8-5+. The summed E-state index contributed by atoms with van der Waals surface area (Å²) in [6, 6.07) is -0.762. The second kappa shape index (κ2) is 15.7. The van der Waals surface area contributed by atoms with Crippen LogP contribution in [0.15, 0.2) is 24.3 Å². The molecule has 0 spiro atoms. The third-order valence-corrected chi connectivity index (χ3v) is 5.31. The van der Waals surface area contributed by atoms with E-state index in [0.717, 1.165) is 25.7 Å². The molecule has 0 radical (unpaired) electrons. The van der Waals surface area contributed by atoms with Gasteiger partial charge in [-0.15, -0.1) is 0 Å². The fourth-order valence-corrected chi connectivity index (χ4v) is 3.96. The fourth-order valence-electron chi connectivity index (χ4n) is 3.96. The molecule has 0 saturated carbocycles. The smallest absolute Gasteiger partial charge is 0.362 e. The predicted octanol–water partition coefficient (Wildman–Crippen LogP) is 2.87. The number of quaternary nitrogens is 1. The van der Waals surface area contributed by atoms with Gasteiger partial charge in [0.1, 0.15) is 31.8 Å². The summed E-state index contributed by atoms with van der Waals surface area (Å²) in [5, 5.41) is 40.6. The monoisotopic (exact) mass is 400 g/mol. The van der Waals surface area contributed by atoms with Crippen molar-refractivity contribution in [3.8, 4) is 0 Å². The second-order valence-electron chi connectivity index (χ2n) is 7.60. The van der Waals surface area contributed by atoms with E-state index in [1.807, 2.05) is 38.2 Å². The van der Waals surface area contributed by atoms with Crippen molar-refractivity contribution in [2.45, 2.75) is 84.0 Å². The van der Waals surface area contributed by atoms with Crippen molar-refractivity contribution < 1.29 is 29.7 Å². The Kier molecular flexibility index (Phi) is 15.0. The number of aliphatic hydroxyl groups excluding tert-OH is 3. The molecule has 0 heterocycles. The number of unbranched alkanes of at least 4 members (excludes halogenated alkanes) is 2. The van der Waals surface area contributed by atoms with E-state index in [1.54, 1.807) is 6.92 Å². The van der Waals surface area contributed by atoms with Crippen molar-refractivity contribution in [2.24, 2.45) is 0 Å². The number of aliphatic hydroxyl groups is 3. The average molecular weight is 401 g/mol. The first-order valence-electron chi connectivity index (χ1n) is 10.6. The van der Waals surface area contributed by atoms with Crippen molar-refractivity contribution in [1.82, 2.24) is 0 Å². The average Bonchev–Trinajstić information content (AvgIpc) is 2.62.